The Labute approximate surface area is 257 Å². The number of halogens is 7. The number of benzene rings is 2. The molecule has 0 saturated carbocycles. The smallest absolute Gasteiger partial charge is 0.416 e. The summed E-state index contributed by atoms with van der Waals surface area (Å²) in [6.07, 6.45) is -10.8. The highest BCUT2D eigenvalue weighted by molar-refractivity contribution is 6.30. The fourth-order valence-corrected chi connectivity index (χ4v) is 4.36. The number of aromatic nitrogens is 3. The number of hydrogen-bond donors (Lipinski definition) is 2. The van der Waals surface area contributed by atoms with Crippen LogP contribution in [-0.4, -0.2) is 51.0 Å². The van der Waals surface area contributed by atoms with Crippen molar-refractivity contribution in [3.63, 3.8) is 0 Å². The zero-order valence-corrected chi connectivity index (χ0v) is 25.0. The average Bonchev–Trinajstić information content (AvgIpc) is 3.24. The van der Waals surface area contributed by atoms with Crippen LogP contribution in [-0.2, 0) is 43.9 Å². The van der Waals surface area contributed by atoms with Gasteiger partial charge in [0, 0.05) is 17.1 Å². The normalized spacial score (nSPS) is 13.6. The number of carbonyl (C=O) groups excluding carboxylic acids is 3. The molecule has 0 aliphatic rings. The summed E-state index contributed by atoms with van der Waals surface area (Å²) in [4.78, 5) is 52.2. The average molecular weight is 664 g/mol. The molecule has 2 N–H and O–H groups in total. The van der Waals surface area contributed by atoms with Gasteiger partial charge in [0.05, 0.1) is 19.1 Å². The van der Waals surface area contributed by atoms with E-state index in [-0.39, 0.29) is 17.0 Å². The lowest BCUT2D eigenvalue weighted by Crippen LogP contribution is -2.61. The van der Waals surface area contributed by atoms with Crippen LogP contribution >= 0.6 is 11.6 Å². The van der Waals surface area contributed by atoms with Gasteiger partial charge >= 0.3 is 24.0 Å². The lowest BCUT2D eigenvalue weighted by molar-refractivity contribution is -0.150. The molecule has 1 heterocycles. The maximum Gasteiger partial charge on any atom is 0.416 e. The number of hydrogen-bond acceptors (Lipinski definition) is 6. The van der Waals surface area contributed by atoms with Gasteiger partial charge < -0.3 is 15.4 Å². The van der Waals surface area contributed by atoms with Crippen molar-refractivity contribution in [2.24, 2.45) is 0 Å². The second-order valence-corrected chi connectivity index (χ2v) is 11.0. The molecule has 3 rings (SSSR count). The molecule has 0 saturated heterocycles. The fourth-order valence-electron chi connectivity index (χ4n) is 4.23. The number of carbonyl (C=O) groups is 3. The molecule has 2 aromatic carbocycles. The van der Waals surface area contributed by atoms with E-state index in [0.717, 1.165) is 32.2 Å². The van der Waals surface area contributed by atoms with Gasteiger partial charge in [-0.05, 0) is 62.7 Å². The van der Waals surface area contributed by atoms with Crippen LogP contribution in [0.3, 0.4) is 0 Å². The van der Waals surface area contributed by atoms with Gasteiger partial charge in [-0.2, -0.15) is 26.3 Å². The summed E-state index contributed by atoms with van der Waals surface area (Å²) < 4.78 is 85.6. The minimum absolute atomic E-state index is 0.205. The van der Waals surface area contributed by atoms with Gasteiger partial charge in [-0.15, -0.1) is 5.10 Å². The molecule has 1 aromatic heterocycles. The number of ether oxygens (including phenoxy) is 1. The van der Waals surface area contributed by atoms with Gasteiger partial charge in [0.15, 0.2) is 5.82 Å². The third-order valence-electron chi connectivity index (χ3n) is 6.67. The molecular formula is C28H28ClF6N5O5. The zero-order valence-electron chi connectivity index (χ0n) is 24.3. The molecule has 17 heteroatoms. The van der Waals surface area contributed by atoms with Gasteiger partial charge in [0.25, 0.3) is 5.91 Å². The molecule has 2 amide bonds. The third-order valence-corrected chi connectivity index (χ3v) is 6.92. The summed E-state index contributed by atoms with van der Waals surface area (Å²) in [5, 5.41) is 8.96. The number of nitrogens with zero attached hydrogens (tertiary/aromatic N) is 3. The quantitative estimate of drug-likeness (QED) is 0.244. The van der Waals surface area contributed by atoms with E-state index in [0.29, 0.717) is 20.3 Å². The molecule has 0 fully saturated rings. The van der Waals surface area contributed by atoms with E-state index >= 15 is 0 Å². The first kappa shape index (κ1) is 35.1. The number of amides is 2. The van der Waals surface area contributed by atoms with E-state index in [1.165, 1.54) is 38.1 Å². The topological polar surface area (TPSA) is 124 Å². The molecule has 0 bridgehead atoms. The molecule has 0 spiro atoms. The Kier molecular flexibility index (Phi) is 10.1. The number of nitrogens with one attached hydrogen (secondary N) is 2. The number of esters is 1. The third kappa shape index (κ3) is 8.44. The Balaban J connectivity index is 2.04. The Morgan fingerprint density at radius 1 is 0.933 bits per heavy atom. The standard InChI is InChI=1S/C28H28ClF6N5O5/c1-25(2,23(43)45-4)37-22(42)26(3,17-6-5-7-18(14-17)28(33,34)35)36-20(41)15-40-24(44)39(13-12-27(30,31)32)21(38-40)16-8-10-19(29)11-9-16/h5-11,14H,12-13,15H2,1-4H3,(H,36,41)(H,37,42). The Morgan fingerprint density at radius 2 is 1.53 bits per heavy atom. The van der Waals surface area contributed by atoms with Gasteiger partial charge in [0.1, 0.15) is 17.6 Å². The maximum absolute atomic E-state index is 13.5. The summed E-state index contributed by atoms with van der Waals surface area (Å²) in [6, 6.07) is 9.14. The second kappa shape index (κ2) is 12.9. The van der Waals surface area contributed by atoms with Crippen molar-refractivity contribution in [1.82, 2.24) is 25.0 Å². The summed E-state index contributed by atoms with van der Waals surface area (Å²) in [5.41, 5.74) is -6.35. The zero-order chi connectivity index (χ0) is 34.0. The van der Waals surface area contributed by atoms with Crippen molar-refractivity contribution in [2.75, 3.05) is 7.11 Å². The van der Waals surface area contributed by atoms with Crippen LogP contribution in [0.15, 0.2) is 53.3 Å². The van der Waals surface area contributed by atoms with Crippen molar-refractivity contribution in [3.05, 3.63) is 75.2 Å². The first-order chi connectivity index (χ1) is 20.7. The Hall–Kier alpha value is -4.34. The van der Waals surface area contributed by atoms with Crippen LogP contribution in [0, 0.1) is 0 Å². The van der Waals surface area contributed by atoms with Crippen molar-refractivity contribution in [2.45, 2.75) is 63.7 Å². The molecule has 45 heavy (non-hydrogen) atoms. The lowest BCUT2D eigenvalue weighted by Gasteiger charge is -2.34. The second-order valence-electron chi connectivity index (χ2n) is 10.6. The SMILES string of the molecule is COC(=O)C(C)(C)NC(=O)C(C)(NC(=O)Cn1nc(-c2ccc(Cl)cc2)n(CCC(F)(F)F)c1=O)c1cccc(C(F)(F)F)c1. The molecule has 0 aliphatic heterocycles. The monoisotopic (exact) mass is 663 g/mol. The number of alkyl halides is 6. The Bertz CT molecular complexity index is 1630. The molecule has 1 unspecified atom stereocenters. The maximum atomic E-state index is 13.5. The predicted molar refractivity (Wildman–Crippen MR) is 149 cm³/mol. The van der Waals surface area contributed by atoms with Gasteiger partial charge in [-0.25, -0.2) is 14.3 Å². The molecule has 1 atom stereocenters. The van der Waals surface area contributed by atoms with Crippen LogP contribution in [0.1, 0.15) is 38.3 Å². The molecule has 10 nitrogen and oxygen atoms in total. The van der Waals surface area contributed by atoms with Crippen molar-refractivity contribution in [1.29, 1.82) is 0 Å². The van der Waals surface area contributed by atoms with E-state index in [4.69, 9.17) is 11.6 Å². The van der Waals surface area contributed by atoms with Crippen LogP contribution in [0.2, 0.25) is 5.02 Å². The van der Waals surface area contributed by atoms with Gasteiger partial charge in [-0.3, -0.25) is 14.2 Å². The van der Waals surface area contributed by atoms with Crippen LogP contribution in [0.5, 0.6) is 0 Å². The molecule has 3 aromatic rings. The first-order valence-corrected chi connectivity index (χ1v) is 13.5. The first-order valence-electron chi connectivity index (χ1n) is 13.1. The summed E-state index contributed by atoms with van der Waals surface area (Å²) >= 11 is 5.89. The van der Waals surface area contributed by atoms with Crippen LogP contribution in [0.4, 0.5) is 26.3 Å². The van der Waals surface area contributed by atoms with Crippen molar-refractivity contribution >= 4 is 29.4 Å². The molecule has 0 radical (unpaired) electrons. The predicted octanol–water partition coefficient (Wildman–Crippen LogP) is 4.44. The Morgan fingerprint density at radius 3 is 2.09 bits per heavy atom. The summed E-state index contributed by atoms with van der Waals surface area (Å²) in [7, 11) is 1.05. The molecule has 0 aliphatic carbocycles. The van der Waals surface area contributed by atoms with E-state index in [9.17, 15) is 45.5 Å². The number of methoxy groups -OCH3 is 1. The molecular weight excluding hydrogens is 636 g/mol. The van der Waals surface area contributed by atoms with E-state index in [1.807, 2.05) is 0 Å². The van der Waals surface area contributed by atoms with Gasteiger partial charge in [0.2, 0.25) is 5.91 Å². The highest BCUT2D eigenvalue weighted by Gasteiger charge is 2.43. The lowest BCUT2D eigenvalue weighted by atomic mass is 9.88. The van der Waals surface area contributed by atoms with Crippen LogP contribution < -0.4 is 16.3 Å². The minimum atomic E-state index is -4.82. The summed E-state index contributed by atoms with van der Waals surface area (Å²) in [6.45, 7) is 1.82. The van der Waals surface area contributed by atoms with Crippen molar-refractivity contribution < 1.29 is 45.5 Å². The van der Waals surface area contributed by atoms with Crippen molar-refractivity contribution in [3.8, 4) is 11.4 Å². The van der Waals surface area contributed by atoms with E-state index in [2.05, 4.69) is 20.5 Å². The fraction of sp³-hybridized carbons (Fsp3) is 0.393. The van der Waals surface area contributed by atoms with Gasteiger partial charge in [-0.1, -0.05) is 23.7 Å². The number of rotatable bonds is 10. The van der Waals surface area contributed by atoms with E-state index in [1.54, 1.807) is 0 Å². The molecule has 244 valence electrons. The van der Waals surface area contributed by atoms with E-state index < -0.39 is 72.0 Å². The summed E-state index contributed by atoms with van der Waals surface area (Å²) in [5.74, 6) is -3.35. The van der Waals surface area contributed by atoms with Crippen LogP contribution in [0.25, 0.3) is 11.4 Å². The highest BCUT2D eigenvalue weighted by Crippen LogP contribution is 2.33. The minimum Gasteiger partial charge on any atom is -0.467 e. The highest BCUT2D eigenvalue weighted by atomic mass is 35.5. The largest absolute Gasteiger partial charge is 0.467 e.